The van der Waals surface area contributed by atoms with Crippen molar-refractivity contribution in [3.05, 3.63) is 15.8 Å². The van der Waals surface area contributed by atoms with Gasteiger partial charge in [-0.05, 0) is 13.3 Å². The lowest BCUT2D eigenvalue weighted by atomic mass is 10.2. The van der Waals surface area contributed by atoms with Crippen LogP contribution in [0.2, 0.25) is 0 Å². The number of primary amides is 1. The lowest BCUT2D eigenvalue weighted by Crippen LogP contribution is -2.36. The van der Waals surface area contributed by atoms with E-state index in [2.05, 4.69) is 15.4 Å². The Balaban J connectivity index is 3.34. The summed E-state index contributed by atoms with van der Waals surface area (Å²) in [4.78, 5) is 31.2. The van der Waals surface area contributed by atoms with Gasteiger partial charge in [0.05, 0.1) is 11.5 Å². The van der Waals surface area contributed by atoms with Gasteiger partial charge in [0, 0.05) is 6.54 Å². The van der Waals surface area contributed by atoms with Gasteiger partial charge in [-0.15, -0.1) is 0 Å². The second-order valence-corrected chi connectivity index (χ2v) is 4.45. The Labute approximate surface area is 121 Å². The van der Waals surface area contributed by atoms with Crippen molar-refractivity contribution in [2.24, 2.45) is 11.6 Å². The molecule has 1 rings (SSSR count). The molecule has 1 aromatic rings. The molecule has 0 bridgehead atoms. The number of carbonyl (C=O) groups is 1. The monoisotopic (exact) mass is 297 g/mol. The Bertz CT molecular complexity index is 535. The van der Waals surface area contributed by atoms with Gasteiger partial charge in [0.25, 0.3) is 0 Å². The Hall–Kier alpha value is -2.49. The first-order valence-electron chi connectivity index (χ1n) is 6.43. The van der Waals surface area contributed by atoms with E-state index >= 15 is 0 Å². The zero-order valence-corrected chi connectivity index (χ0v) is 12.0. The molecule has 21 heavy (non-hydrogen) atoms. The van der Waals surface area contributed by atoms with E-state index in [9.17, 15) is 14.9 Å². The molecule has 0 radical (unpaired) electrons. The van der Waals surface area contributed by atoms with Crippen LogP contribution >= 0.6 is 0 Å². The van der Waals surface area contributed by atoms with Crippen LogP contribution in [0.15, 0.2) is 0 Å². The highest BCUT2D eigenvalue weighted by Gasteiger charge is 2.27. The molecule has 0 spiro atoms. The normalized spacial score (nSPS) is 10.2. The molecule has 0 aliphatic heterocycles. The van der Waals surface area contributed by atoms with Gasteiger partial charge in [-0.1, -0.05) is 13.3 Å². The number of aromatic nitrogens is 2. The summed E-state index contributed by atoms with van der Waals surface area (Å²) in [6.07, 6.45) is 1.59. The SMILES string of the molecule is CCCCN(CC(N)=O)c1nc(NN)nc(C)c1[N+](=O)[O-]. The van der Waals surface area contributed by atoms with Crippen molar-refractivity contribution in [3.8, 4) is 0 Å². The number of nitrogen functional groups attached to an aromatic ring is 1. The Morgan fingerprint density at radius 2 is 2.14 bits per heavy atom. The molecule has 10 nitrogen and oxygen atoms in total. The maximum atomic E-state index is 11.2. The van der Waals surface area contributed by atoms with E-state index in [1.807, 2.05) is 6.92 Å². The quantitative estimate of drug-likeness (QED) is 0.346. The summed E-state index contributed by atoms with van der Waals surface area (Å²) in [7, 11) is 0. The van der Waals surface area contributed by atoms with Crippen LogP contribution in [-0.4, -0.2) is 33.9 Å². The smallest absolute Gasteiger partial charge is 0.332 e. The van der Waals surface area contributed by atoms with E-state index in [0.29, 0.717) is 6.54 Å². The van der Waals surface area contributed by atoms with Crippen LogP contribution in [-0.2, 0) is 4.79 Å². The molecule has 1 amide bonds. The number of rotatable bonds is 8. The lowest BCUT2D eigenvalue weighted by Gasteiger charge is -2.22. The van der Waals surface area contributed by atoms with Crippen LogP contribution < -0.4 is 21.9 Å². The molecule has 0 unspecified atom stereocenters. The molecule has 0 atom stereocenters. The molecule has 0 saturated heterocycles. The first-order valence-corrected chi connectivity index (χ1v) is 6.43. The molecular formula is C11H19N7O3. The molecule has 0 aromatic carbocycles. The van der Waals surface area contributed by atoms with E-state index in [0.717, 1.165) is 12.8 Å². The Morgan fingerprint density at radius 3 is 2.62 bits per heavy atom. The highest BCUT2D eigenvalue weighted by Crippen LogP contribution is 2.29. The largest absolute Gasteiger partial charge is 0.368 e. The standard InChI is InChI=1S/C11H19N7O3/c1-3-4-5-17(6-8(12)19)10-9(18(20)21)7(2)14-11(15-10)16-13/h3-6,13H2,1-2H3,(H2,12,19)(H,14,15,16). The van der Waals surface area contributed by atoms with Crippen LogP contribution in [0.1, 0.15) is 25.5 Å². The van der Waals surface area contributed by atoms with E-state index in [-0.39, 0.29) is 29.7 Å². The number of nitrogens with zero attached hydrogens (tertiary/aromatic N) is 4. The average molecular weight is 297 g/mol. The van der Waals surface area contributed by atoms with E-state index in [4.69, 9.17) is 11.6 Å². The summed E-state index contributed by atoms with van der Waals surface area (Å²) in [6, 6.07) is 0. The summed E-state index contributed by atoms with van der Waals surface area (Å²) >= 11 is 0. The second-order valence-electron chi connectivity index (χ2n) is 4.45. The number of hydrogen-bond donors (Lipinski definition) is 3. The summed E-state index contributed by atoms with van der Waals surface area (Å²) in [6.45, 7) is 3.70. The molecule has 1 aromatic heterocycles. The number of anilines is 2. The predicted molar refractivity (Wildman–Crippen MR) is 77.5 cm³/mol. The minimum absolute atomic E-state index is 0.0349. The summed E-state index contributed by atoms with van der Waals surface area (Å²) < 4.78 is 0. The minimum atomic E-state index is -0.598. The fourth-order valence-electron chi connectivity index (χ4n) is 1.85. The number of nitro groups is 1. The first-order chi connectivity index (χ1) is 9.90. The average Bonchev–Trinajstić information content (AvgIpc) is 2.41. The number of carbonyl (C=O) groups excluding carboxylic acids is 1. The summed E-state index contributed by atoms with van der Waals surface area (Å²) in [5.74, 6) is 4.74. The number of unbranched alkanes of at least 4 members (excludes halogenated alkanes) is 1. The van der Waals surface area contributed by atoms with E-state index in [1.165, 1.54) is 11.8 Å². The topological polar surface area (TPSA) is 153 Å². The number of hydrogen-bond acceptors (Lipinski definition) is 8. The number of nitrogens with one attached hydrogen (secondary N) is 1. The van der Waals surface area contributed by atoms with Crippen molar-refractivity contribution < 1.29 is 9.72 Å². The van der Waals surface area contributed by atoms with E-state index in [1.54, 1.807) is 0 Å². The lowest BCUT2D eigenvalue weighted by molar-refractivity contribution is -0.385. The Morgan fingerprint density at radius 1 is 1.48 bits per heavy atom. The molecular weight excluding hydrogens is 278 g/mol. The van der Waals surface area contributed by atoms with Crippen molar-refractivity contribution in [2.75, 3.05) is 23.4 Å². The summed E-state index contributed by atoms with van der Waals surface area (Å²) in [5.41, 5.74) is 7.35. The van der Waals surface area contributed by atoms with Gasteiger partial charge in [-0.2, -0.15) is 4.98 Å². The van der Waals surface area contributed by atoms with Gasteiger partial charge >= 0.3 is 5.69 Å². The number of aryl methyl sites for hydroxylation is 1. The second kappa shape index (κ2) is 7.33. The van der Waals surface area contributed by atoms with Crippen LogP contribution in [0.5, 0.6) is 0 Å². The van der Waals surface area contributed by atoms with Crippen LogP contribution in [0, 0.1) is 17.0 Å². The molecule has 0 saturated carbocycles. The van der Waals surface area contributed by atoms with Crippen molar-refractivity contribution in [1.82, 2.24) is 9.97 Å². The third-order valence-electron chi connectivity index (χ3n) is 2.78. The fourth-order valence-corrected chi connectivity index (χ4v) is 1.85. The third kappa shape index (κ3) is 4.24. The van der Waals surface area contributed by atoms with Crippen molar-refractivity contribution >= 4 is 23.4 Å². The number of hydrazine groups is 1. The molecule has 0 fully saturated rings. The highest BCUT2D eigenvalue weighted by molar-refractivity contribution is 5.80. The van der Waals surface area contributed by atoms with E-state index < -0.39 is 10.8 Å². The maximum absolute atomic E-state index is 11.2. The molecule has 116 valence electrons. The summed E-state index contributed by atoms with van der Waals surface area (Å²) in [5, 5.41) is 11.2. The number of amides is 1. The predicted octanol–water partition coefficient (Wildman–Crippen LogP) is 0.0706. The van der Waals surface area contributed by atoms with Gasteiger partial charge in [0.2, 0.25) is 17.7 Å². The van der Waals surface area contributed by atoms with Gasteiger partial charge < -0.3 is 10.6 Å². The number of nitrogens with two attached hydrogens (primary N) is 2. The zero-order chi connectivity index (χ0) is 16.0. The van der Waals surface area contributed by atoms with Crippen molar-refractivity contribution in [3.63, 3.8) is 0 Å². The third-order valence-corrected chi connectivity index (χ3v) is 2.78. The van der Waals surface area contributed by atoms with Crippen LogP contribution in [0.3, 0.4) is 0 Å². The molecule has 0 aliphatic rings. The van der Waals surface area contributed by atoms with Gasteiger partial charge in [-0.3, -0.25) is 20.3 Å². The highest BCUT2D eigenvalue weighted by atomic mass is 16.6. The fraction of sp³-hybridized carbons (Fsp3) is 0.545. The first kappa shape index (κ1) is 16.6. The van der Waals surface area contributed by atoms with Crippen LogP contribution in [0.4, 0.5) is 17.5 Å². The van der Waals surface area contributed by atoms with Gasteiger partial charge in [0.1, 0.15) is 5.69 Å². The molecule has 5 N–H and O–H groups in total. The van der Waals surface area contributed by atoms with Gasteiger partial charge in [0.15, 0.2) is 0 Å². The molecule has 0 aliphatic carbocycles. The molecule has 10 heteroatoms. The van der Waals surface area contributed by atoms with Crippen molar-refractivity contribution in [1.29, 1.82) is 0 Å². The van der Waals surface area contributed by atoms with Gasteiger partial charge in [-0.25, -0.2) is 10.8 Å². The Kier molecular flexibility index (Phi) is 5.79. The molecule has 1 heterocycles. The van der Waals surface area contributed by atoms with Crippen LogP contribution in [0.25, 0.3) is 0 Å². The zero-order valence-electron chi connectivity index (χ0n) is 12.0. The minimum Gasteiger partial charge on any atom is -0.368 e. The maximum Gasteiger partial charge on any atom is 0.332 e. The van der Waals surface area contributed by atoms with Crippen molar-refractivity contribution in [2.45, 2.75) is 26.7 Å².